The number of nitrogens with zero attached hydrogens (tertiary/aromatic N) is 2. The lowest BCUT2D eigenvalue weighted by atomic mass is 10.1. The van der Waals surface area contributed by atoms with Crippen molar-refractivity contribution in [1.82, 2.24) is 9.78 Å². The first-order chi connectivity index (χ1) is 8.63. The van der Waals surface area contributed by atoms with Crippen LogP contribution in [0.1, 0.15) is 5.56 Å². The summed E-state index contributed by atoms with van der Waals surface area (Å²) in [5, 5.41) is 4.80. The van der Waals surface area contributed by atoms with Crippen molar-refractivity contribution in [3.63, 3.8) is 0 Å². The second-order valence-electron chi connectivity index (χ2n) is 4.25. The molecule has 0 saturated carbocycles. The van der Waals surface area contributed by atoms with Crippen LogP contribution in [0, 0.1) is 0 Å². The predicted octanol–water partition coefficient (Wildman–Crippen LogP) is 2.02. The van der Waals surface area contributed by atoms with E-state index in [0.29, 0.717) is 11.6 Å². The monoisotopic (exact) mass is 265 g/mol. The summed E-state index contributed by atoms with van der Waals surface area (Å²) in [5.41, 5.74) is 7.12. The summed E-state index contributed by atoms with van der Waals surface area (Å²) >= 11 is 5.79. The van der Waals surface area contributed by atoms with E-state index in [-0.39, 0.29) is 6.04 Å². The lowest BCUT2D eigenvalue weighted by Crippen LogP contribution is -2.30. The maximum Gasteiger partial charge on any atom is 0.119 e. The number of aromatic nitrogens is 2. The Balaban J connectivity index is 1.81. The minimum absolute atomic E-state index is 0.0510. The van der Waals surface area contributed by atoms with Gasteiger partial charge in [-0.25, -0.2) is 0 Å². The molecule has 0 radical (unpaired) electrons. The van der Waals surface area contributed by atoms with Crippen LogP contribution in [0.3, 0.4) is 0 Å². The molecule has 96 valence electrons. The van der Waals surface area contributed by atoms with Crippen molar-refractivity contribution in [2.75, 3.05) is 6.61 Å². The van der Waals surface area contributed by atoms with Crippen LogP contribution in [0.15, 0.2) is 36.7 Å². The Labute approximate surface area is 111 Å². The van der Waals surface area contributed by atoms with Crippen molar-refractivity contribution >= 4 is 11.6 Å². The zero-order valence-electron chi connectivity index (χ0n) is 10.2. The highest BCUT2D eigenvalue weighted by Gasteiger charge is 2.06. The van der Waals surface area contributed by atoms with Crippen LogP contribution in [-0.4, -0.2) is 22.4 Å². The Bertz CT molecular complexity index is 495. The van der Waals surface area contributed by atoms with Crippen molar-refractivity contribution in [3.8, 4) is 5.75 Å². The van der Waals surface area contributed by atoms with Crippen molar-refractivity contribution in [2.45, 2.75) is 12.5 Å². The van der Waals surface area contributed by atoms with E-state index in [1.54, 1.807) is 16.8 Å². The molecule has 1 aromatic heterocycles. The Morgan fingerprint density at radius 2 is 2.11 bits per heavy atom. The summed E-state index contributed by atoms with van der Waals surface area (Å²) < 4.78 is 7.36. The minimum atomic E-state index is -0.0510. The van der Waals surface area contributed by atoms with Gasteiger partial charge >= 0.3 is 0 Å². The highest BCUT2D eigenvalue weighted by Crippen LogP contribution is 2.15. The molecule has 5 heteroatoms. The molecule has 0 bridgehead atoms. The largest absolute Gasteiger partial charge is 0.492 e. The van der Waals surface area contributed by atoms with Crippen molar-refractivity contribution < 1.29 is 4.74 Å². The number of hydrogen-bond donors (Lipinski definition) is 1. The van der Waals surface area contributed by atoms with E-state index in [4.69, 9.17) is 22.1 Å². The standard InChI is InChI=1S/C13H16ClN3O/c1-17-8-10(7-16-17)6-12(15)9-18-13-4-2-11(14)3-5-13/h2-5,7-8,12H,6,9,15H2,1H3. The molecule has 1 atom stereocenters. The molecule has 0 aliphatic carbocycles. The highest BCUT2D eigenvalue weighted by molar-refractivity contribution is 6.30. The van der Waals surface area contributed by atoms with Gasteiger partial charge in [0.05, 0.1) is 6.20 Å². The zero-order chi connectivity index (χ0) is 13.0. The first kappa shape index (κ1) is 12.9. The molecule has 0 aliphatic rings. The fraction of sp³-hybridized carbons (Fsp3) is 0.308. The number of rotatable bonds is 5. The lowest BCUT2D eigenvalue weighted by Gasteiger charge is -2.12. The minimum Gasteiger partial charge on any atom is -0.492 e. The predicted molar refractivity (Wildman–Crippen MR) is 71.8 cm³/mol. The number of ether oxygens (including phenoxy) is 1. The van der Waals surface area contributed by atoms with Crippen molar-refractivity contribution in [3.05, 3.63) is 47.2 Å². The van der Waals surface area contributed by atoms with E-state index in [1.807, 2.05) is 31.6 Å². The van der Waals surface area contributed by atoms with Crippen LogP contribution in [0.4, 0.5) is 0 Å². The van der Waals surface area contributed by atoms with Gasteiger partial charge < -0.3 is 10.5 Å². The Kier molecular flexibility index (Phi) is 4.23. The number of hydrogen-bond acceptors (Lipinski definition) is 3. The van der Waals surface area contributed by atoms with E-state index in [9.17, 15) is 0 Å². The molecule has 4 nitrogen and oxygen atoms in total. The van der Waals surface area contributed by atoms with Gasteiger partial charge in [0.15, 0.2) is 0 Å². The van der Waals surface area contributed by atoms with Gasteiger partial charge in [0.25, 0.3) is 0 Å². The van der Waals surface area contributed by atoms with Crippen molar-refractivity contribution in [1.29, 1.82) is 0 Å². The van der Waals surface area contributed by atoms with Gasteiger partial charge in [-0.2, -0.15) is 5.10 Å². The second kappa shape index (κ2) is 5.89. The molecule has 18 heavy (non-hydrogen) atoms. The molecule has 1 heterocycles. The Morgan fingerprint density at radius 3 is 2.72 bits per heavy atom. The summed E-state index contributed by atoms with van der Waals surface area (Å²) in [7, 11) is 1.89. The van der Waals surface area contributed by atoms with Gasteiger partial charge in [-0.3, -0.25) is 4.68 Å². The first-order valence-electron chi connectivity index (χ1n) is 5.75. The molecule has 0 fully saturated rings. The molecular weight excluding hydrogens is 250 g/mol. The van der Waals surface area contributed by atoms with Gasteiger partial charge in [-0.15, -0.1) is 0 Å². The molecule has 2 rings (SSSR count). The van der Waals surface area contributed by atoms with Crippen LogP contribution in [0.25, 0.3) is 0 Å². The molecule has 0 spiro atoms. The number of halogens is 1. The van der Waals surface area contributed by atoms with Crippen LogP contribution < -0.4 is 10.5 Å². The Morgan fingerprint density at radius 1 is 1.39 bits per heavy atom. The van der Waals surface area contributed by atoms with Crippen LogP contribution in [0.2, 0.25) is 5.02 Å². The van der Waals surface area contributed by atoms with Crippen LogP contribution >= 0.6 is 11.6 Å². The molecule has 0 aliphatic heterocycles. The van der Waals surface area contributed by atoms with E-state index in [1.165, 1.54) is 0 Å². The van der Waals surface area contributed by atoms with E-state index >= 15 is 0 Å². The fourth-order valence-corrected chi connectivity index (χ4v) is 1.80. The van der Waals surface area contributed by atoms with Crippen molar-refractivity contribution in [2.24, 2.45) is 12.8 Å². The third-order valence-electron chi connectivity index (χ3n) is 2.53. The number of aryl methyl sites for hydroxylation is 1. The fourth-order valence-electron chi connectivity index (χ4n) is 1.67. The maximum atomic E-state index is 6.00. The first-order valence-corrected chi connectivity index (χ1v) is 6.13. The number of benzene rings is 1. The summed E-state index contributed by atoms with van der Waals surface area (Å²) in [4.78, 5) is 0. The van der Waals surface area contributed by atoms with Gasteiger partial charge in [0.2, 0.25) is 0 Å². The smallest absolute Gasteiger partial charge is 0.119 e. The van der Waals surface area contributed by atoms with E-state index in [0.717, 1.165) is 17.7 Å². The average Bonchev–Trinajstić information content (AvgIpc) is 2.74. The molecule has 2 aromatic rings. The quantitative estimate of drug-likeness (QED) is 0.900. The second-order valence-corrected chi connectivity index (χ2v) is 4.69. The molecule has 0 amide bonds. The summed E-state index contributed by atoms with van der Waals surface area (Å²) in [6, 6.07) is 7.20. The average molecular weight is 266 g/mol. The maximum absolute atomic E-state index is 6.00. The molecule has 2 N–H and O–H groups in total. The van der Waals surface area contributed by atoms with Gasteiger partial charge in [0, 0.05) is 24.3 Å². The van der Waals surface area contributed by atoms with Crippen LogP contribution in [-0.2, 0) is 13.5 Å². The van der Waals surface area contributed by atoms with Gasteiger partial charge in [-0.05, 0) is 36.2 Å². The SMILES string of the molecule is Cn1cc(CC(N)COc2ccc(Cl)cc2)cn1. The molecule has 1 aromatic carbocycles. The van der Waals surface area contributed by atoms with Gasteiger partial charge in [0.1, 0.15) is 12.4 Å². The summed E-state index contributed by atoms with van der Waals surface area (Å²) in [6.45, 7) is 0.469. The molecule has 1 unspecified atom stereocenters. The topological polar surface area (TPSA) is 53.1 Å². The van der Waals surface area contributed by atoms with E-state index < -0.39 is 0 Å². The normalized spacial score (nSPS) is 12.4. The third kappa shape index (κ3) is 3.75. The summed E-state index contributed by atoms with van der Waals surface area (Å²) in [6.07, 6.45) is 4.53. The van der Waals surface area contributed by atoms with E-state index in [2.05, 4.69) is 5.10 Å². The zero-order valence-corrected chi connectivity index (χ0v) is 11.0. The van der Waals surface area contributed by atoms with Crippen LogP contribution in [0.5, 0.6) is 5.75 Å². The lowest BCUT2D eigenvalue weighted by molar-refractivity contribution is 0.287. The highest BCUT2D eigenvalue weighted by atomic mass is 35.5. The summed E-state index contributed by atoms with van der Waals surface area (Å²) in [5.74, 6) is 0.779. The third-order valence-corrected chi connectivity index (χ3v) is 2.79. The molecule has 0 saturated heterocycles. The molecular formula is C13H16ClN3O. The number of nitrogens with two attached hydrogens (primary N) is 1. The van der Waals surface area contributed by atoms with Gasteiger partial charge in [-0.1, -0.05) is 11.6 Å². The Hall–Kier alpha value is -1.52.